The molecule has 0 atom stereocenters. The molecule has 1 aliphatic rings. The lowest BCUT2D eigenvalue weighted by molar-refractivity contribution is 0.100. The van der Waals surface area contributed by atoms with Gasteiger partial charge in [-0.15, -0.1) is 0 Å². The summed E-state index contributed by atoms with van der Waals surface area (Å²) >= 11 is 0. The number of hydrogen-bond donors (Lipinski definition) is 0. The first kappa shape index (κ1) is 10.4. The molecule has 1 aromatic rings. The van der Waals surface area contributed by atoms with Crippen molar-refractivity contribution >= 4 is 5.78 Å². The molecular weight excluding hydrogens is 188 g/mol. The molecule has 3 heteroatoms. The monoisotopic (exact) mass is 206 g/mol. The summed E-state index contributed by atoms with van der Waals surface area (Å²) in [7, 11) is 0. The van der Waals surface area contributed by atoms with Crippen molar-refractivity contribution in [2.75, 3.05) is 0 Å². The average Bonchev–Trinajstić information content (AvgIpc) is 2.61. The van der Waals surface area contributed by atoms with Crippen molar-refractivity contribution in [1.82, 2.24) is 9.55 Å². The minimum absolute atomic E-state index is 0.126. The summed E-state index contributed by atoms with van der Waals surface area (Å²) in [6.45, 7) is 3.61. The van der Waals surface area contributed by atoms with Crippen LogP contribution in [0, 0.1) is 6.92 Å². The minimum atomic E-state index is 0.126. The highest BCUT2D eigenvalue weighted by Crippen LogP contribution is 2.30. The molecule has 0 aromatic carbocycles. The summed E-state index contributed by atoms with van der Waals surface area (Å²) in [5.74, 6) is 1.10. The predicted octanol–water partition coefficient (Wildman–Crippen LogP) is 2.90. The van der Waals surface area contributed by atoms with Crippen LogP contribution in [0.5, 0.6) is 0 Å². The molecule has 1 aliphatic carbocycles. The van der Waals surface area contributed by atoms with Gasteiger partial charge >= 0.3 is 0 Å². The topological polar surface area (TPSA) is 34.9 Å². The third-order valence-electron chi connectivity index (χ3n) is 3.28. The van der Waals surface area contributed by atoms with Gasteiger partial charge in [-0.05, 0) is 19.8 Å². The lowest BCUT2D eigenvalue weighted by Crippen LogP contribution is -2.18. The standard InChI is InChI=1S/C12H18N2O/c1-9(15)12-8-13-10(2)14(12)11-6-4-3-5-7-11/h8,11H,3-7H2,1-2H3. The molecule has 3 nitrogen and oxygen atoms in total. The molecule has 0 saturated heterocycles. The van der Waals surface area contributed by atoms with E-state index in [2.05, 4.69) is 9.55 Å². The molecule has 1 fully saturated rings. The Morgan fingerprint density at radius 2 is 2.07 bits per heavy atom. The van der Waals surface area contributed by atoms with E-state index in [0.29, 0.717) is 6.04 Å². The van der Waals surface area contributed by atoms with Crippen molar-refractivity contribution < 1.29 is 4.79 Å². The summed E-state index contributed by atoms with van der Waals surface area (Å²) in [5, 5.41) is 0. The van der Waals surface area contributed by atoms with Crippen molar-refractivity contribution in [3.05, 3.63) is 17.7 Å². The fraction of sp³-hybridized carbons (Fsp3) is 0.667. The Labute approximate surface area is 90.5 Å². The summed E-state index contributed by atoms with van der Waals surface area (Å²) in [6, 6.07) is 0.500. The van der Waals surface area contributed by atoms with Gasteiger partial charge in [0.2, 0.25) is 0 Å². The Morgan fingerprint density at radius 1 is 1.40 bits per heavy atom. The smallest absolute Gasteiger partial charge is 0.177 e. The van der Waals surface area contributed by atoms with Gasteiger partial charge in [-0.1, -0.05) is 19.3 Å². The van der Waals surface area contributed by atoms with Gasteiger partial charge in [0, 0.05) is 13.0 Å². The molecule has 0 N–H and O–H groups in total. The zero-order valence-electron chi connectivity index (χ0n) is 9.49. The van der Waals surface area contributed by atoms with Crippen LogP contribution in [0.25, 0.3) is 0 Å². The third kappa shape index (κ3) is 1.96. The first-order chi connectivity index (χ1) is 7.20. The van der Waals surface area contributed by atoms with Crippen molar-refractivity contribution in [1.29, 1.82) is 0 Å². The fourth-order valence-corrected chi connectivity index (χ4v) is 2.51. The molecule has 1 heterocycles. The molecule has 1 saturated carbocycles. The Bertz CT molecular complexity index is 362. The number of carbonyl (C=O) groups excluding carboxylic acids is 1. The van der Waals surface area contributed by atoms with Gasteiger partial charge in [0.05, 0.1) is 6.20 Å². The van der Waals surface area contributed by atoms with Gasteiger partial charge < -0.3 is 4.57 Å². The van der Waals surface area contributed by atoms with Gasteiger partial charge in [0.15, 0.2) is 5.78 Å². The highest BCUT2D eigenvalue weighted by molar-refractivity contribution is 5.92. The van der Waals surface area contributed by atoms with Gasteiger partial charge in [0.25, 0.3) is 0 Å². The molecule has 2 rings (SSSR count). The number of aryl methyl sites for hydroxylation is 1. The summed E-state index contributed by atoms with van der Waals surface area (Å²) in [4.78, 5) is 15.7. The number of rotatable bonds is 2. The summed E-state index contributed by atoms with van der Waals surface area (Å²) in [5.41, 5.74) is 0.777. The molecule has 0 spiro atoms. The van der Waals surface area contributed by atoms with E-state index < -0.39 is 0 Å². The van der Waals surface area contributed by atoms with Gasteiger partial charge in [-0.2, -0.15) is 0 Å². The van der Waals surface area contributed by atoms with Gasteiger partial charge in [0.1, 0.15) is 11.5 Å². The SMILES string of the molecule is CC(=O)c1cnc(C)n1C1CCCCC1. The summed E-state index contributed by atoms with van der Waals surface area (Å²) < 4.78 is 2.14. The molecule has 82 valence electrons. The predicted molar refractivity (Wildman–Crippen MR) is 59.1 cm³/mol. The number of nitrogens with zero attached hydrogens (tertiary/aromatic N) is 2. The molecule has 0 amide bonds. The van der Waals surface area contributed by atoms with E-state index in [0.717, 1.165) is 11.5 Å². The fourth-order valence-electron chi connectivity index (χ4n) is 2.51. The van der Waals surface area contributed by atoms with Crippen LogP contribution in [0.2, 0.25) is 0 Å². The van der Waals surface area contributed by atoms with Gasteiger partial charge in [-0.3, -0.25) is 4.79 Å². The zero-order valence-corrected chi connectivity index (χ0v) is 9.49. The molecule has 15 heavy (non-hydrogen) atoms. The van der Waals surface area contributed by atoms with Crippen LogP contribution < -0.4 is 0 Å². The Morgan fingerprint density at radius 3 is 2.67 bits per heavy atom. The van der Waals surface area contributed by atoms with E-state index in [4.69, 9.17) is 0 Å². The van der Waals surface area contributed by atoms with E-state index in [9.17, 15) is 4.79 Å². The summed E-state index contributed by atoms with van der Waals surface area (Å²) in [6.07, 6.45) is 7.99. The normalized spacial score (nSPS) is 18.0. The second-order valence-electron chi connectivity index (χ2n) is 4.41. The maximum atomic E-state index is 11.5. The Kier molecular flexibility index (Phi) is 2.89. The highest BCUT2D eigenvalue weighted by Gasteiger charge is 2.21. The lowest BCUT2D eigenvalue weighted by Gasteiger charge is -2.25. The van der Waals surface area contributed by atoms with Crippen molar-refractivity contribution in [3.8, 4) is 0 Å². The van der Waals surface area contributed by atoms with Crippen LogP contribution in [0.3, 0.4) is 0 Å². The van der Waals surface area contributed by atoms with Gasteiger partial charge in [-0.25, -0.2) is 4.98 Å². The molecule has 0 bridgehead atoms. The van der Waals surface area contributed by atoms with Crippen LogP contribution in [0.1, 0.15) is 61.4 Å². The highest BCUT2D eigenvalue weighted by atomic mass is 16.1. The van der Waals surface area contributed by atoms with E-state index >= 15 is 0 Å². The first-order valence-electron chi connectivity index (χ1n) is 5.75. The molecular formula is C12H18N2O. The lowest BCUT2D eigenvalue weighted by atomic mass is 9.95. The Hall–Kier alpha value is -1.12. The number of aromatic nitrogens is 2. The van der Waals surface area contributed by atoms with E-state index in [-0.39, 0.29) is 5.78 Å². The number of ketones is 1. The van der Waals surface area contributed by atoms with Crippen LogP contribution in [-0.4, -0.2) is 15.3 Å². The van der Waals surface area contributed by atoms with Crippen molar-refractivity contribution in [3.63, 3.8) is 0 Å². The molecule has 0 radical (unpaired) electrons. The van der Waals surface area contributed by atoms with Crippen molar-refractivity contribution in [2.45, 2.75) is 52.0 Å². The van der Waals surface area contributed by atoms with Crippen LogP contribution in [-0.2, 0) is 0 Å². The molecule has 0 unspecified atom stereocenters. The van der Waals surface area contributed by atoms with E-state index in [1.54, 1.807) is 13.1 Å². The number of Topliss-reactive ketones (excluding diaryl/α,β-unsaturated/α-hetero) is 1. The van der Waals surface area contributed by atoms with Crippen LogP contribution in [0.15, 0.2) is 6.20 Å². The first-order valence-corrected chi connectivity index (χ1v) is 5.75. The Balaban J connectivity index is 2.32. The molecule has 1 aromatic heterocycles. The van der Waals surface area contributed by atoms with Crippen molar-refractivity contribution in [2.24, 2.45) is 0 Å². The third-order valence-corrected chi connectivity index (χ3v) is 3.28. The second kappa shape index (κ2) is 4.17. The largest absolute Gasteiger partial charge is 0.323 e. The van der Waals surface area contributed by atoms with Crippen LogP contribution in [0.4, 0.5) is 0 Å². The van der Waals surface area contributed by atoms with E-state index in [1.807, 2.05) is 6.92 Å². The number of carbonyl (C=O) groups is 1. The number of hydrogen-bond acceptors (Lipinski definition) is 2. The second-order valence-corrected chi connectivity index (χ2v) is 4.41. The number of imidazole rings is 1. The maximum Gasteiger partial charge on any atom is 0.177 e. The average molecular weight is 206 g/mol. The zero-order chi connectivity index (χ0) is 10.8. The van der Waals surface area contributed by atoms with Crippen LogP contribution >= 0.6 is 0 Å². The minimum Gasteiger partial charge on any atom is -0.323 e. The molecule has 0 aliphatic heterocycles. The van der Waals surface area contributed by atoms with E-state index in [1.165, 1.54) is 32.1 Å². The maximum absolute atomic E-state index is 11.5. The quantitative estimate of drug-likeness (QED) is 0.697.